The summed E-state index contributed by atoms with van der Waals surface area (Å²) in [5.41, 5.74) is 0.365. The Morgan fingerprint density at radius 3 is 2.71 bits per heavy atom. The zero-order valence-corrected chi connectivity index (χ0v) is 10.5. The van der Waals surface area contributed by atoms with Crippen LogP contribution in [0.2, 0.25) is 0 Å². The van der Waals surface area contributed by atoms with Gasteiger partial charge in [-0.1, -0.05) is 0 Å². The van der Waals surface area contributed by atoms with Crippen LogP contribution in [0.25, 0.3) is 0 Å². The van der Waals surface area contributed by atoms with E-state index >= 15 is 0 Å². The van der Waals surface area contributed by atoms with Crippen LogP contribution in [0, 0.1) is 0 Å². The van der Waals surface area contributed by atoms with Gasteiger partial charge in [0, 0.05) is 19.3 Å². The van der Waals surface area contributed by atoms with Crippen LogP contribution < -0.4 is 14.8 Å². The Morgan fingerprint density at radius 2 is 2.18 bits per heavy atom. The highest BCUT2D eigenvalue weighted by Crippen LogP contribution is 2.35. The van der Waals surface area contributed by atoms with Gasteiger partial charge in [-0.2, -0.15) is 0 Å². The molecule has 1 aliphatic rings. The Morgan fingerprint density at radius 1 is 1.47 bits per heavy atom. The minimum Gasteiger partial charge on any atom is -0.488 e. The van der Waals surface area contributed by atoms with Crippen molar-refractivity contribution in [3.63, 3.8) is 0 Å². The number of aromatic nitrogens is 1. The van der Waals surface area contributed by atoms with Gasteiger partial charge in [0.25, 0.3) is 0 Å². The number of pyridine rings is 1. The maximum absolute atomic E-state index is 11.3. The first-order valence-electron chi connectivity index (χ1n) is 5.31. The summed E-state index contributed by atoms with van der Waals surface area (Å²) >= 11 is 0. The zero-order valence-electron chi connectivity index (χ0n) is 9.73. The highest BCUT2D eigenvalue weighted by Gasteiger charge is 2.26. The lowest BCUT2D eigenvalue weighted by Crippen LogP contribution is -2.13. The molecule has 0 radical (unpaired) electrons. The second kappa shape index (κ2) is 4.40. The maximum Gasteiger partial charge on any atom is 0.230 e. The first-order chi connectivity index (χ1) is 7.99. The van der Waals surface area contributed by atoms with Crippen molar-refractivity contribution < 1.29 is 13.2 Å². The monoisotopic (exact) mass is 257 g/mol. The van der Waals surface area contributed by atoms with Gasteiger partial charge in [-0.25, -0.2) is 13.4 Å². The van der Waals surface area contributed by atoms with Crippen molar-refractivity contribution >= 4 is 21.5 Å². The van der Waals surface area contributed by atoms with Crippen molar-refractivity contribution in [3.8, 4) is 5.75 Å². The van der Waals surface area contributed by atoms with Gasteiger partial charge < -0.3 is 10.1 Å². The Labute approximate surface area is 100 Å². The minimum atomic E-state index is -3.36. The highest BCUT2D eigenvalue weighted by atomic mass is 32.2. The van der Waals surface area contributed by atoms with E-state index < -0.39 is 10.0 Å². The van der Waals surface area contributed by atoms with E-state index in [1.807, 2.05) is 0 Å². The quantitative estimate of drug-likeness (QED) is 0.823. The molecule has 0 spiro atoms. The van der Waals surface area contributed by atoms with Crippen LogP contribution in [0.1, 0.15) is 12.8 Å². The van der Waals surface area contributed by atoms with Gasteiger partial charge in [-0.3, -0.25) is 4.72 Å². The summed E-state index contributed by atoms with van der Waals surface area (Å²) in [6.07, 6.45) is 4.89. The van der Waals surface area contributed by atoms with E-state index in [0.717, 1.165) is 19.1 Å². The number of ether oxygens (including phenoxy) is 1. The molecule has 1 aromatic rings. The topological polar surface area (TPSA) is 80.3 Å². The zero-order chi connectivity index (χ0) is 12.5. The first kappa shape index (κ1) is 12.0. The average Bonchev–Trinajstić information content (AvgIpc) is 3.02. The fraction of sp³-hybridized carbons (Fsp3) is 0.500. The Bertz CT molecular complexity index is 512. The van der Waals surface area contributed by atoms with Gasteiger partial charge >= 0.3 is 0 Å². The van der Waals surface area contributed by atoms with Crippen LogP contribution in [0.3, 0.4) is 0 Å². The molecule has 0 saturated heterocycles. The van der Waals surface area contributed by atoms with E-state index in [1.54, 1.807) is 19.3 Å². The van der Waals surface area contributed by atoms with E-state index in [0.29, 0.717) is 17.3 Å². The predicted octanol–water partition coefficient (Wildman–Crippen LogP) is 1.04. The van der Waals surface area contributed by atoms with Gasteiger partial charge in [0.15, 0.2) is 5.82 Å². The van der Waals surface area contributed by atoms with Crippen molar-refractivity contribution in [2.45, 2.75) is 18.9 Å². The van der Waals surface area contributed by atoms with Crippen LogP contribution in [0.4, 0.5) is 11.5 Å². The number of hydrogen-bond acceptors (Lipinski definition) is 5. The molecule has 6 nitrogen and oxygen atoms in total. The summed E-state index contributed by atoms with van der Waals surface area (Å²) in [4.78, 5) is 4.05. The molecule has 0 aliphatic heterocycles. The third-order valence-electron chi connectivity index (χ3n) is 2.26. The third-order valence-corrected chi connectivity index (χ3v) is 2.83. The third kappa shape index (κ3) is 3.23. The smallest absolute Gasteiger partial charge is 0.230 e. The molecule has 0 aromatic carbocycles. The molecule has 17 heavy (non-hydrogen) atoms. The SMILES string of the molecule is CNc1nccc(OC2CC2)c1NS(C)(=O)=O. The molecule has 0 unspecified atom stereocenters. The molecule has 7 heteroatoms. The fourth-order valence-corrected chi connectivity index (χ4v) is 1.95. The van der Waals surface area contributed by atoms with E-state index in [2.05, 4.69) is 15.0 Å². The molecule has 1 saturated carbocycles. The van der Waals surface area contributed by atoms with Crippen LogP contribution >= 0.6 is 0 Å². The minimum absolute atomic E-state index is 0.196. The summed E-state index contributed by atoms with van der Waals surface area (Å²) < 4.78 is 30.7. The van der Waals surface area contributed by atoms with Gasteiger partial charge in [-0.05, 0) is 12.8 Å². The van der Waals surface area contributed by atoms with Crippen molar-refractivity contribution in [2.24, 2.45) is 0 Å². The van der Waals surface area contributed by atoms with Gasteiger partial charge in [0.2, 0.25) is 10.0 Å². The second-order valence-corrected chi connectivity index (χ2v) is 5.72. The highest BCUT2D eigenvalue weighted by molar-refractivity contribution is 7.92. The molecular weight excluding hydrogens is 242 g/mol. The summed E-state index contributed by atoms with van der Waals surface area (Å²) in [6, 6.07) is 1.66. The van der Waals surface area contributed by atoms with Crippen molar-refractivity contribution in [1.82, 2.24) is 4.98 Å². The van der Waals surface area contributed by atoms with E-state index in [1.165, 1.54) is 0 Å². The number of anilines is 2. The number of nitrogens with zero attached hydrogens (tertiary/aromatic N) is 1. The molecule has 0 bridgehead atoms. The number of nitrogens with one attached hydrogen (secondary N) is 2. The lowest BCUT2D eigenvalue weighted by atomic mass is 10.3. The molecule has 94 valence electrons. The predicted molar refractivity (Wildman–Crippen MR) is 65.9 cm³/mol. The summed E-state index contributed by atoms with van der Waals surface area (Å²) in [5, 5.41) is 2.83. The number of hydrogen-bond donors (Lipinski definition) is 2. The van der Waals surface area contributed by atoms with E-state index in [-0.39, 0.29) is 6.10 Å². The van der Waals surface area contributed by atoms with Crippen LogP contribution in [0.5, 0.6) is 5.75 Å². The molecule has 0 atom stereocenters. The van der Waals surface area contributed by atoms with Crippen molar-refractivity contribution in [2.75, 3.05) is 23.3 Å². The summed E-state index contributed by atoms with van der Waals surface area (Å²) in [7, 11) is -1.68. The molecule has 2 N–H and O–H groups in total. The molecule has 1 aliphatic carbocycles. The molecule has 0 amide bonds. The molecule has 2 rings (SSSR count). The van der Waals surface area contributed by atoms with Crippen LogP contribution in [0.15, 0.2) is 12.3 Å². The lowest BCUT2D eigenvalue weighted by Gasteiger charge is -2.14. The summed E-state index contributed by atoms with van der Waals surface area (Å²) in [6.45, 7) is 0. The average molecular weight is 257 g/mol. The van der Waals surface area contributed by atoms with Gasteiger partial charge in [0.05, 0.1) is 12.4 Å². The molecule has 1 heterocycles. The van der Waals surface area contributed by atoms with Gasteiger partial charge in [0.1, 0.15) is 11.4 Å². The molecular formula is C10H15N3O3S. The molecule has 1 fully saturated rings. The number of sulfonamides is 1. The Kier molecular flexibility index (Phi) is 3.10. The summed E-state index contributed by atoms with van der Waals surface area (Å²) in [5.74, 6) is 0.964. The van der Waals surface area contributed by atoms with E-state index in [9.17, 15) is 8.42 Å². The van der Waals surface area contributed by atoms with Crippen molar-refractivity contribution in [1.29, 1.82) is 0 Å². The van der Waals surface area contributed by atoms with Crippen LogP contribution in [-0.4, -0.2) is 32.8 Å². The maximum atomic E-state index is 11.3. The molecule has 1 aromatic heterocycles. The van der Waals surface area contributed by atoms with Crippen molar-refractivity contribution in [3.05, 3.63) is 12.3 Å². The van der Waals surface area contributed by atoms with Gasteiger partial charge in [-0.15, -0.1) is 0 Å². The lowest BCUT2D eigenvalue weighted by molar-refractivity contribution is 0.304. The second-order valence-electron chi connectivity index (χ2n) is 3.97. The Hall–Kier alpha value is -1.50. The normalized spacial score (nSPS) is 15.4. The van der Waals surface area contributed by atoms with Crippen LogP contribution in [-0.2, 0) is 10.0 Å². The first-order valence-corrected chi connectivity index (χ1v) is 7.20. The largest absolute Gasteiger partial charge is 0.488 e. The standard InChI is InChI=1S/C10H15N3O3S/c1-11-10-9(13-17(2,14)15)8(5-6-12-10)16-7-3-4-7/h5-7,13H,3-4H2,1-2H3,(H,11,12). The number of rotatable bonds is 5. The van der Waals surface area contributed by atoms with E-state index in [4.69, 9.17) is 4.74 Å². The fourth-order valence-electron chi connectivity index (χ4n) is 1.38. The Balaban J connectivity index is 2.35.